The molecule has 6 heteroatoms. The van der Waals surface area contributed by atoms with Crippen LogP contribution in [-0.2, 0) is 19.5 Å². The van der Waals surface area contributed by atoms with E-state index < -0.39 is 0 Å². The third-order valence-corrected chi connectivity index (χ3v) is 4.22. The van der Waals surface area contributed by atoms with Crippen LogP contribution in [0.15, 0.2) is 30.5 Å². The molecule has 0 fully saturated rings. The van der Waals surface area contributed by atoms with Gasteiger partial charge in [-0.05, 0) is 32.3 Å². The van der Waals surface area contributed by atoms with Crippen molar-refractivity contribution in [3.8, 4) is 6.07 Å². The van der Waals surface area contributed by atoms with Gasteiger partial charge in [-0.3, -0.25) is 4.79 Å². The van der Waals surface area contributed by atoms with E-state index in [2.05, 4.69) is 20.5 Å². The minimum atomic E-state index is -0.0213. The highest BCUT2D eigenvalue weighted by Crippen LogP contribution is 2.15. The SMILES string of the molecule is CN(C)Cc1cnc2n1CCN(C(=O)c1cccc(C#N)c1)CC2. The molecule has 0 N–H and O–H groups in total. The summed E-state index contributed by atoms with van der Waals surface area (Å²) in [5.41, 5.74) is 2.26. The summed E-state index contributed by atoms with van der Waals surface area (Å²) in [5, 5.41) is 9.00. The normalized spacial score (nSPS) is 14.2. The maximum atomic E-state index is 12.7. The van der Waals surface area contributed by atoms with Gasteiger partial charge in [0.2, 0.25) is 0 Å². The molecule has 1 aliphatic rings. The van der Waals surface area contributed by atoms with Crippen LogP contribution in [0.2, 0.25) is 0 Å². The van der Waals surface area contributed by atoms with Gasteiger partial charge in [-0.2, -0.15) is 5.26 Å². The van der Waals surface area contributed by atoms with E-state index >= 15 is 0 Å². The van der Waals surface area contributed by atoms with Gasteiger partial charge in [0.15, 0.2) is 0 Å². The third-order valence-electron chi connectivity index (χ3n) is 4.22. The standard InChI is InChI=1S/C18H21N5O/c1-21(2)13-16-12-20-17-6-7-22(8-9-23(16)17)18(24)15-5-3-4-14(10-15)11-19/h3-5,10,12H,6-9,13H2,1-2H3. The highest BCUT2D eigenvalue weighted by Gasteiger charge is 2.22. The van der Waals surface area contributed by atoms with Crippen LogP contribution in [-0.4, -0.2) is 52.4 Å². The van der Waals surface area contributed by atoms with E-state index in [1.54, 1.807) is 24.3 Å². The Labute approximate surface area is 141 Å². The second kappa shape index (κ2) is 6.85. The molecule has 24 heavy (non-hydrogen) atoms. The van der Waals surface area contributed by atoms with Crippen molar-refractivity contribution in [1.29, 1.82) is 5.26 Å². The number of rotatable bonds is 3. The summed E-state index contributed by atoms with van der Waals surface area (Å²) < 4.78 is 2.22. The number of nitriles is 1. The van der Waals surface area contributed by atoms with Crippen LogP contribution in [0.5, 0.6) is 0 Å². The maximum Gasteiger partial charge on any atom is 0.253 e. The fourth-order valence-electron chi connectivity index (χ4n) is 3.05. The van der Waals surface area contributed by atoms with Crippen molar-refractivity contribution < 1.29 is 4.79 Å². The lowest BCUT2D eigenvalue weighted by atomic mass is 10.1. The van der Waals surface area contributed by atoms with Crippen LogP contribution >= 0.6 is 0 Å². The van der Waals surface area contributed by atoms with E-state index in [1.807, 2.05) is 25.2 Å². The molecule has 0 aliphatic carbocycles. The number of carbonyl (C=O) groups is 1. The molecule has 2 aromatic rings. The number of carbonyl (C=O) groups excluding carboxylic acids is 1. The number of nitrogens with zero attached hydrogens (tertiary/aromatic N) is 5. The largest absolute Gasteiger partial charge is 0.336 e. The monoisotopic (exact) mass is 323 g/mol. The summed E-state index contributed by atoms with van der Waals surface area (Å²) in [4.78, 5) is 21.2. The van der Waals surface area contributed by atoms with E-state index in [4.69, 9.17) is 5.26 Å². The van der Waals surface area contributed by atoms with Gasteiger partial charge < -0.3 is 14.4 Å². The van der Waals surface area contributed by atoms with E-state index in [9.17, 15) is 4.79 Å². The molecular weight excluding hydrogens is 302 g/mol. The van der Waals surface area contributed by atoms with E-state index in [0.717, 1.165) is 25.3 Å². The summed E-state index contributed by atoms with van der Waals surface area (Å²) in [6, 6.07) is 8.97. The zero-order chi connectivity index (χ0) is 17.1. The molecule has 0 spiro atoms. The van der Waals surface area contributed by atoms with Gasteiger partial charge in [0.1, 0.15) is 5.82 Å². The molecule has 3 rings (SSSR count). The Hall–Kier alpha value is -2.65. The fraction of sp³-hybridized carbons (Fsp3) is 0.389. The Balaban J connectivity index is 1.75. The molecule has 0 radical (unpaired) electrons. The van der Waals surface area contributed by atoms with Gasteiger partial charge in [0.05, 0.1) is 17.3 Å². The van der Waals surface area contributed by atoms with Crippen molar-refractivity contribution in [2.24, 2.45) is 0 Å². The average Bonchev–Trinajstić information content (AvgIpc) is 2.83. The van der Waals surface area contributed by atoms with Crippen LogP contribution in [0.25, 0.3) is 0 Å². The van der Waals surface area contributed by atoms with Crippen molar-refractivity contribution >= 4 is 5.91 Å². The van der Waals surface area contributed by atoms with Crippen molar-refractivity contribution in [2.45, 2.75) is 19.5 Å². The Bertz CT molecular complexity index is 787. The van der Waals surface area contributed by atoms with E-state index in [-0.39, 0.29) is 5.91 Å². The van der Waals surface area contributed by atoms with Crippen LogP contribution in [0.4, 0.5) is 0 Å². The first-order valence-electron chi connectivity index (χ1n) is 8.06. The van der Waals surface area contributed by atoms with Crippen molar-refractivity contribution in [3.05, 3.63) is 53.1 Å². The first kappa shape index (κ1) is 16.2. The molecule has 0 saturated heterocycles. The molecule has 1 aliphatic heterocycles. The van der Waals surface area contributed by atoms with E-state index in [1.165, 1.54) is 5.69 Å². The van der Waals surface area contributed by atoms with Crippen molar-refractivity contribution in [3.63, 3.8) is 0 Å². The van der Waals surface area contributed by atoms with Crippen LogP contribution < -0.4 is 0 Å². The predicted molar refractivity (Wildman–Crippen MR) is 90.4 cm³/mol. The van der Waals surface area contributed by atoms with Crippen LogP contribution in [0.3, 0.4) is 0 Å². The molecular formula is C18H21N5O. The molecule has 1 aromatic heterocycles. The second-order valence-electron chi connectivity index (χ2n) is 6.29. The quantitative estimate of drug-likeness (QED) is 0.859. The van der Waals surface area contributed by atoms with Gasteiger partial charge in [0.25, 0.3) is 5.91 Å². The topological polar surface area (TPSA) is 65.2 Å². The first-order chi connectivity index (χ1) is 11.6. The van der Waals surface area contributed by atoms with Gasteiger partial charge in [-0.1, -0.05) is 6.07 Å². The molecule has 6 nitrogen and oxygen atoms in total. The molecule has 124 valence electrons. The number of imidazole rings is 1. The van der Waals surface area contributed by atoms with E-state index in [0.29, 0.717) is 24.2 Å². The lowest BCUT2D eigenvalue weighted by Gasteiger charge is -2.20. The van der Waals surface area contributed by atoms with Crippen LogP contribution in [0, 0.1) is 11.3 Å². The zero-order valence-electron chi connectivity index (χ0n) is 14.1. The summed E-state index contributed by atoms with van der Waals surface area (Å²) in [6.07, 6.45) is 2.68. The smallest absolute Gasteiger partial charge is 0.253 e. The molecule has 0 saturated carbocycles. The highest BCUT2D eigenvalue weighted by atomic mass is 16.2. The summed E-state index contributed by atoms with van der Waals surface area (Å²) in [5.74, 6) is 1.01. The third kappa shape index (κ3) is 3.31. The highest BCUT2D eigenvalue weighted by molar-refractivity contribution is 5.94. The number of aromatic nitrogens is 2. The molecule has 1 aromatic carbocycles. The summed E-state index contributed by atoms with van der Waals surface area (Å²) in [7, 11) is 4.07. The summed E-state index contributed by atoms with van der Waals surface area (Å²) >= 11 is 0. The lowest BCUT2D eigenvalue weighted by Crippen LogP contribution is -2.33. The Morgan fingerprint density at radius 2 is 2.17 bits per heavy atom. The number of amides is 1. The van der Waals surface area contributed by atoms with Crippen molar-refractivity contribution in [2.75, 3.05) is 27.2 Å². The Kier molecular flexibility index (Phi) is 4.63. The number of benzene rings is 1. The number of fused-ring (bicyclic) bond motifs is 1. The minimum absolute atomic E-state index is 0.0213. The van der Waals surface area contributed by atoms with Gasteiger partial charge in [0, 0.05) is 44.4 Å². The average molecular weight is 323 g/mol. The fourth-order valence-corrected chi connectivity index (χ4v) is 3.05. The van der Waals surface area contributed by atoms with Crippen molar-refractivity contribution in [1.82, 2.24) is 19.4 Å². The molecule has 0 atom stereocenters. The molecule has 2 heterocycles. The van der Waals surface area contributed by atoms with Gasteiger partial charge in [-0.25, -0.2) is 4.98 Å². The molecule has 0 bridgehead atoms. The number of hydrogen-bond acceptors (Lipinski definition) is 4. The Morgan fingerprint density at radius 1 is 1.33 bits per heavy atom. The van der Waals surface area contributed by atoms with Gasteiger partial charge in [-0.15, -0.1) is 0 Å². The zero-order valence-corrected chi connectivity index (χ0v) is 14.1. The number of hydrogen-bond donors (Lipinski definition) is 0. The summed E-state index contributed by atoms with van der Waals surface area (Å²) in [6.45, 7) is 2.89. The Morgan fingerprint density at radius 3 is 2.92 bits per heavy atom. The van der Waals surface area contributed by atoms with Crippen LogP contribution in [0.1, 0.15) is 27.4 Å². The lowest BCUT2D eigenvalue weighted by molar-refractivity contribution is 0.0758. The minimum Gasteiger partial charge on any atom is -0.336 e. The molecule has 0 unspecified atom stereocenters. The maximum absolute atomic E-state index is 12.7. The predicted octanol–water partition coefficient (Wildman–Crippen LogP) is 1.51. The van der Waals surface area contributed by atoms with Gasteiger partial charge >= 0.3 is 0 Å². The first-order valence-corrected chi connectivity index (χ1v) is 8.06. The molecule has 1 amide bonds. The second-order valence-corrected chi connectivity index (χ2v) is 6.29.